The van der Waals surface area contributed by atoms with Gasteiger partial charge in [-0.15, -0.1) is 0 Å². The number of carbonyl (C=O) groups is 1. The van der Waals surface area contributed by atoms with Gasteiger partial charge in [-0.25, -0.2) is 5.43 Å². The Balaban J connectivity index is 1.67. The first kappa shape index (κ1) is 21.8. The molecule has 0 atom stereocenters. The molecule has 3 aromatic carbocycles. The maximum absolute atomic E-state index is 12.4. The molecule has 3 rings (SSSR count). The first-order valence-corrected chi connectivity index (χ1v) is 11.5. The zero-order valence-corrected chi connectivity index (χ0v) is 18.5. The number of nitrogens with one attached hydrogen (secondary N) is 1. The highest BCUT2D eigenvalue weighted by Gasteiger charge is 2.09. The smallest absolute Gasteiger partial charge is 0.267 e. The summed E-state index contributed by atoms with van der Waals surface area (Å²) in [5, 5.41) is 5.09. The van der Waals surface area contributed by atoms with Gasteiger partial charge in [0.05, 0.1) is 10.0 Å². The zero-order valence-electron chi connectivity index (χ0n) is 15.3. The maximum Gasteiger partial charge on any atom is 0.271 e. The molecule has 0 aliphatic rings. The first-order chi connectivity index (χ1) is 14.1. The van der Waals surface area contributed by atoms with Crippen LogP contribution in [0.1, 0.15) is 21.5 Å². The lowest BCUT2D eigenvalue weighted by Crippen LogP contribution is -2.18. The third-order valence-electron chi connectivity index (χ3n) is 3.84. The number of rotatable bonds is 6. The SMILES string of the molecule is O=C(NN=C(SCc1ccccc1)SCc1ccccc1)c1ccc(Cl)c(Cl)c1. The van der Waals surface area contributed by atoms with Crippen LogP contribution in [0.5, 0.6) is 0 Å². The Morgan fingerprint density at radius 2 is 1.34 bits per heavy atom. The number of hydrazone groups is 1. The first-order valence-electron chi connectivity index (χ1n) is 8.78. The molecule has 0 saturated heterocycles. The molecular weight excluding hydrogens is 443 g/mol. The van der Waals surface area contributed by atoms with Gasteiger partial charge < -0.3 is 0 Å². The molecule has 1 N–H and O–H groups in total. The highest BCUT2D eigenvalue weighted by molar-refractivity contribution is 8.38. The molecule has 0 aliphatic heterocycles. The quantitative estimate of drug-likeness (QED) is 0.248. The number of amides is 1. The summed E-state index contributed by atoms with van der Waals surface area (Å²) in [5.74, 6) is 1.20. The van der Waals surface area contributed by atoms with Crippen LogP contribution in [0, 0.1) is 0 Å². The Kier molecular flexibility index (Phi) is 8.50. The van der Waals surface area contributed by atoms with Crippen LogP contribution in [0.4, 0.5) is 0 Å². The Hall–Kier alpha value is -1.92. The second-order valence-electron chi connectivity index (χ2n) is 6.00. The fraction of sp³-hybridized carbons (Fsp3) is 0.0909. The van der Waals surface area contributed by atoms with Crippen LogP contribution in [0.25, 0.3) is 0 Å². The highest BCUT2D eigenvalue weighted by atomic mass is 35.5. The van der Waals surface area contributed by atoms with Gasteiger partial charge in [0, 0.05) is 17.1 Å². The molecule has 1 amide bonds. The van der Waals surface area contributed by atoms with Crippen LogP contribution in [0.2, 0.25) is 10.0 Å². The zero-order chi connectivity index (χ0) is 20.5. The number of nitrogens with zero attached hydrogens (tertiary/aromatic N) is 1. The average Bonchev–Trinajstić information content (AvgIpc) is 2.76. The summed E-state index contributed by atoms with van der Waals surface area (Å²) >= 11 is 15.1. The number of benzene rings is 3. The standard InChI is InChI=1S/C22H18Cl2N2OS2/c23-19-12-11-18(13-20(19)24)21(27)25-26-22(28-14-16-7-3-1-4-8-16)29-15-17-9-5-2-6-10-17/h1-13H,14-15H2,(H,25,27). The van der Waals surface area contributed by atoms with Crippen molar-refractivity contribution in [1.82, 2.24) is 5.43 Å². The van der Waals surface area contributed by atoms with Crippen LogP contribution < -0.4 is 5.43 Å². The minimum Gasteiger partial charge on any atom is -0.267 e. The van der Waals surface area contributed by atoms with Crippen molar-refractivity contribution in [1.29, 1.82) is 0 Å². The molecule has 29 heavy (non-hydrogen) atoms. The maximum atomic E-state index is 12.4. The molecule has 0 unspecified atom stereocenters. The number of thioether (sulfide) groups is 2. The molecular formula is C22H18Cl2N2OS2. The summed E-state index contributed by atoms with van der Waals surface area (Å²) in [6, 6.07) is 25.0. The number of hydrogen-bond donors (Lipinski definition) is 1. The van der Waals surface area contributed by atoms with E-state index >= 15 is 0 Å². The van der Waals surface area contributed by atoms with Gasteiger partial charge in [0.1, 0.15) is 0 Å². The van der Waals surface area contributed by atoms with Gasteiger partial charge in [-0.3, -0.25) is 4.79 Å². The topological polar surface area (TPSA) is 41.5 Å². The normalized spacial score (nSPS) is 10.4. The molecule has 7 heteroatoms. The van der Waals surface area contributed by atoms with Crippen molar-refractivity contribution in [3.05, 3.63) is 106 Å². The Labute approximate surface area is 188 Å². The van der Waals surface area contributed by atoms with Gasteiger partial charge in [0.2, 0.25) is 0 Å². The van der Waals surface area contributed by atoms with E-state index in [-0.39, 0.29) is 5.91 Å². The molecule has 0 saturated carbocycles. The predicted octanol–water partition coefficient (Wildman–Crippen LogP) is 6.86. The van der Waals surface area contributed by atoms with E-state index < -0.39 is 0 Å². The fourth-order valence-electron chi connectivity index (χ4n) is 2.34. The van der Waals surface area contributed by atoms with Crippen molar-refractivity contribution in [2.45, 2.75) is 11.5 Å². The van der Waals surface area contributed by atoms with Gasteiger partial charge in [-0.2, -0.15) is 5.10 Å². The van der Waals surface area contributed by atoms with E-state index in [9.17, 15) is 4.79 Å². The molecule has 148 valence electrons. The fourth-order valence-corrected chi connectivity index (χ4v) is 4.51. The molecule has 0 aliphatic carbocycles. The van der Waals surface area contributed by atoms with Crippen molar-refractivity contribution in [2.24, 2.45) is 5.10 Å². The number of carbonyl (C=O) groups excluding carboxylic acids is 1. The molecule has 0 fully saturated rings. The molecule has 0 aromatic heterocycles. The van der Waals surface area contributed by atoms with Crippen LogP contribution >= 0.6 is 46.7 Å². The third-order valence-corrected chi connectivity index (χ3v) is 6.92. The molecule has 0 spiro atoms. The lowest BCUT2D eigenvalue weighted by Gasteiger charge is -2.08. The van der Waals surface area contributed by atoms with E-state index in [1.807, 2.05) is 36.4 Å². The minimum atomic E-state index is -0.332. The van der Waals surface area contributed by atoms with Crippen LogP contribution in [-0.2, 0) is 11.5 Å². The second kappa shape index (κ2) is 11.3. The summed E-state index contributed by atoms with van der Waals surface area (Å²) in [4.78, 5) is 12.4. The van der Waals surface area contributed by atoms with Crippen LogP contribution in [0.3, 0.4) is 0 Å². The van der Waals surface area contributed by atoms with E-state index in [1.165, 1.54) is 17.2 Å². The molecule has 3 aromatic rings. The van der Waals surface area contributed by atoms with E-state index in [0.29, 0.717) is 15.6 Å². The summed E-state index contributed by atoms with van der Waals surface area (Å²) in [7, 11) is 0. The largest absolute Gasteiger partial charge is 0.271 e. The van der Waals surface area contributed by atoms with E-state index in [4.69, 9.17) is 23.2 Å². The van der Waals surface area contributed by atoms with Gasteiger partial charge in [0.25, 0.3) is 5.91 Å². The van der Waals surface area contributed by atoms with Crippen LogP contribution in [-0.4, -0.2) is 10.3 Å². The van der Waals surface area contributed by atoms with Crippen molar-refractivity contribution >= 4 is 57.0 Å². The predicted molar refractivity (Wildman–Crippen MR) is 127 cm³/mol. The molecule has 0 heterocycles. The van der Waals surface area contributed by atoms with Gasteiger partial charge in [-0.1, -0.05) is 107 Å². The van der Waals surface area contributed by atoms with Gasteiger partial charge in [0.15, 0.2) is 4.38 Å². The van der Waals surface area contributed by atoms with E-state index in [1.54, 1.807) is 35.7 Å². The van der Waals surface area contributed by atoms with E-state index in [0.717, 1.165) is 15.9 Å². The summed E-state index contributed by atoms with van der Waals surface area (Å²) in [6.45, 7) is 0. The van der Waals surface area contributed by atoms with E-state index in [2.05, 4.69) is 34.8 Å². The van der Waals surface area contributed by atoms with Gasteiger partial charge in [-0.05, 0) is 29.3 Å². The lowest BCUT2D eigenvalue weighted by atomic mass is 10.2. The van der Waals surface area contributed by atoms with Crippen molar-refractivity contribution in [3.63, 3.8) is 0 Å². The third kappa shape index (κ3) is 7.12. The Morgan fingerprint density at radius 1 is 0.793 bits per heavy atom. The average molecular weight is 461 g/mol. The Bertz CT molecular complexity index is 937. The highest BCUT2D eigenvalue weighted by Crippen LogP contribution is 2.25. The Morgan fingerprint density at radius 3 is 1.86 bits per heavy atom. The summed E-state index contributed by atoms with van der Waals surface area (Å²) < 4.78 is 0.783. The van der Waals surface area contributed by atoms with Gasteiger partial charge >= 0.3 is 0 Å². The molecule has 0 bridgehead atoms. The molecule has 0 radical (unpaired) electrons. The monoisotopic (exact) mass is 460 g/mol. The number of halogens is 2. The van der Waals surface area contributed by atoms with Crippen molar-refractivity contribution in [2.75, 3.05) is 0 Å². The summed E-state index contributed by atoms with van der Waals surface area (Å²) in [5.41, 5.74) is 5.42. The van der Waals surface area contributed by atoms with Crippen molar-refractivity contribution < 1.29 is 4.79 Å². The van der Waals surface area contributed by atoms with Crippen molar-refractivity contribution in [3.8, 4) is 0 Å². The van der Waals surface area contributed by atoms with Crippen LogP contribution in [0.15, 0.2) is 84.0 Å². The minimum absolute atomic E-state index is 0.332. The molecule has 3 nitrogen and oxygen atoms in total. The lowest BCUT2D eigenvalue weighted by molar-refractivity contribution is 0.0955. The second-order valence-corrected chi connectivity index (χ2v) is 9.00. The summed E-state index contributed by atoms with van der Waals surface area (Å²) in [6.07, 6.45) is 0. The number of hydrogen-bond acceptors (Lipinski definition) is 4.